The van der Waals surface area contributed by atoms with Crippen LogP contribution in [-0.4, -0.2) is 14.7 Å². The lowest BCUT2D eigenvalue weighted by atomic mass is 10.2. The Kier molecular flexibility index (Phi) is 2.95. The number of aryl methyl sites for hydroxylation is 2. The highest BCUT2D eigenvalue weighted by Gasteiger charge is 2.06. The molecule has 3 aromatic rings. The molecule has 0 atom stereocenters. The van der Waals surface area contributed by atoms with E-state index in [2.05, 4.69) is 10.1 Å². The quantitative estimate of drug-likeness (QED) is 0.715. The zero-order valence-corrected chi connectivity index (χ0v) is 11.2. The van der Waals surface area contributed by atoms with Crippen LogP contribution < -0.4 is 5.56 Å². The van der Waals surface area contributed by atoms with Gasteiger partial charge in [-0.3, -0.25) is 9.36 Å². The Labute approximate surface area is 115 Å². The van der Waals surface area contributed by atoms with Gasteiger partial charge in [0.2, 0.25) is 11.7 Å². The van der Waals surface area contributed by atoms with E-state index in [1.807, 2.05) is 37.3 Å². The predicted octanol–water partition coefficient (Wildman–Crippen LogP) is 2.50. The maximum atomic E-state index is 11.9. The molecule has 0 unspecified atom stereocenters. The van der Waals surface area contributed by atoms with Crippen molar-refractivity contribution in [3.63, 3.8) is 0 Å². The van der Waals surface area contributed by atoms with Gasteiger partial charge in [-0.1, -0.05) is 5.16 Å². The van der Waals surface area contributed by atoms with Gasteiger partial charge in [0.05, 0.1) is 0 Å². The summed E-state index contributed by atoms with van der Waals surface area (Å²) in [5, 5.41) is 3.86. The van der Waals surface area contributed by atoms with Crippen LogP contribution >= 0.6 is 0 Å². The highest BCUT2D eigenvalue weighted by atomic mass is 16.5. The summed E-state index contributed by atoms with van der Waals surface area (Å²) in [6, 6.07) is 11.0. The summed E-state index contributed by atoms with van der Waals surface area (Å²) < 4.78 is 6.55. The van der Waals surface area contributed by atoms with Crippen LogP contribution in [0.2, 0.25) is 0 Å². The molecule has 5 heteroatoms. The number of hydrogen-bond donors (Lipinski definition) is 0. The SMILES string of the molecule is Cc1ccn(-c2ccc(-c3noc(C)n3)cc2)c(=O)c1. The molecule has 0 saturated heterocycles. The lowest BCUT2D eigenvalue weighted by Crippen LogP contribution is -2.16. The smallest absolute Gasteiger partial charge is 0.255 e. The highest BCUT2D eigenvalue weighted by Crippen LogP contribution is 2.17. The lowest BCUT2D eigenvalue weighted by molar-refractivity contribution is 0.394. The van der Waals surface area contributed by atoms with Gasteiger partial charge in [-0.25, -0.2) is 0 Å². The molecule has 0 saturated carbocycles. The fourth-order valence-corrected chi connectivity index (χ4v) is 1.98. The Morgan fingerprint density at radius 3 is 2.45 bits per heavy atom. The van der Waals surface area contributed by atoms with Gasteiger partial charge in [0.15, 0.2) is 0 Å². The maximum Gasteiger partial charge on any atom is 0.255 e. The monoisotopic (exact) mass is 267 g/mol. The Hall–Kier alpha value is -2.69. The van der Waals surface area contributed by atoms with Crippen molar-refractivity contribution in [3.05, 3.63) is 64.4 Å². The van der Waals surface area contributed by atoms with Gasteiger partial charge in [-0.05, 0) is 42.8 Å². The van der Waals surface area contributed by atoms with Crippen molar-refractivity contribution >= 4 is 0 Å². The van der Waals surface area contributed by atoms with Crippen LogP contribution in [0.4, 0.5) is 0 Å². The minimum atomic E-state index is -0.0480. The summed E-state index contributed by atoms with van der Waals surface area (Å²) in [5.41, 5.74) is 2.56. The molecule has 0 amide bonds. The molecule has 3 rings (SSSR count). The first kappa shape index (κ1) is 12.3. The number of aromatic nitrogens is 3. The number of hydrogen-bond acceptors (Lipinski definition) is 4. The number of rotatable bonds is 2. The van der Waals surface area contributed by atoms with E-state index in [-0.39, 0.29) is 5.56 Å². The molecule has 0 spiro atoms. The molecule has 20 heavy (non-hydrogen) atoms. The zero-order chi connectivity index (χ0) is 14.1. The van der Waals surface area contributed by atoms with E-state index >= 15 is 0 Å². The van der Waals surface area contributed by atoms with Crippen LogP contribution in [-0.2, 0) is 0 Å². The van der Waals surface area contributed by atoms with Gasteiger partial charge in [0.1, 0.15) is 0 Å². The normalized spacial score (nSPS) is 10.7. The minimum absolute atomic E-state index is 0.0480. The Bertz CT molecular complexity index is 800. The molecule has 0 radical (unpaired) electrons. The van der Waals surface area contributed by atoms with E-state index in [4.69, 9.17) is 4.52 Å². The van der Waals surface area contributed by atoms with E-state index in [0.717, 1.165) is 16.8 Å². The van der Waals surface area contributed by atoms with E-state index < -0.39 is 0 Å². The average molecular weight is 267 g/mol. The van der Waals surface area contributed by atoms with Crippen LogP contribution in [0.25, 0.3) is 17.1 Å². The van der Waals surface area contributed by atoms with Gasteiger partial charge in [-0.15, -0.1) is 0 Å². The summed E-state index contributed by atoms with van der Waals surface area (Å²) in [5.74, 6) is 1.07. The van der Waals surface area contributed by atoms with Crippen molar-refractivity contribution in [1.29, 1.82) is 0 Å². The molecule has 0 N–H and O–H groups in total. The van der Waals surface area contributed by atoms with Gasteiger partial charge in [-0.2, -0.15) is 4.98 Å². The molecule has 0 fully saturated rings. The van der Waals surface area contributed by atoms with E-state index in [0.29, 0.717) is 11.7 Å². The van der Waals surface area contributed by atoms with Crippen LogP contribution in [0.1, 0.15) is 11.5 Å². The van der Waals surface area contributed by atoms with Crippen molar-refractivity contribution in [2.45, 2.75) is 13.8 Å². The molecule has 2 heterocycles. The van der Waals surface area contributed by atoms with Crippen molar-refractivity contribution < 1.29 is 4.52 Å². The molecule has 100 valence electrons. The highest BCUT2D eigenvalue weighted by molar-refractivity contribution is 5.56. The number of benzene rings is 1. The second-order valence-electron chi connectivity index (χ2n) is 4.60. The maximum absolute atomic E-state index is 11.9. The zero-order valence-electron chi connectivity index (χ0n) is 11.2. The molecular weight excluding hydrogens is 254 g/mol. The Morgan fingerprint density at radius 1 is 1.10 bits per heavy atom. The topological polar surface area (TPSA) is 60.9 Å². The molecule has 2 aromatic heterocycles. The first-order chi connectivity index (χ1) is 9.63. The van der Waals surface area contributed by atoms with Crippen molar-refractivity contribution in [1.82, 2.24) is 14.7 Å². The Balaban J connectivity index is 1.99. The van der Waals surface area contributed by atoms with Crippen LogP contribution in [0.5, 0.6) is 0 Å². The summed E-state index contributed by atoms with van der Waals surface area (Å²) in [4.78, 5) is 16.1. The first-order valence-corrected chi connectivity index (χ1v) is 6.24. The van der Waals surface area contributed by atoms with Crippen LogP contribution in [0, 0.1) is 13.8 Å². The fourth-order valence-electron chi connectivity index (χ4n) is 1.98. The third-order valence-electron chi connectivity index (χ3n) is 3.01. The van der Waals surface area contributed by atoms with Gasteiger partial charge < -0.3 is 4.52 Å². The molecule has 0 aliphatic carbocycles. The standard InChI is InChI=1S/C15H13N3O2/c1-10-7-8-18(14(19)9-10)13-5-3-12(4-6-13)15-16-11(2)20-17-15/h3-9H,1-2H3. The summed E-state index contributed by atoms with van der Waals surface area (Å²) in [6.07, 6.45) is 1.77. The third kappa shape index (κ3) is 2.25. The molecule has 5 nitrogen and oxygen atoms in total. The van der Waals surface area contributed by atoms with Crippen molar-refractivity contribution in [3.8, 4) is 17.1 Å². The Morgan fingerprint density at radius 2 is 1.85 bits per heavy atom. The van der Waals surface area contributed by atoms with Crippen molar-refractivity contribution in [2.75, 3.05) is 0 Å². The average Bonchev–Trinajstić information content (AvgIpc) is 2.86. The summed E-state index contributed by atoms with van der Waals surface area (Å²) in [6.45, 7) is 3.64. The fraction of sp³-hybridized carbons (Fsp3) is 0.133. The van der Waals surface area contributed by atoms with Crippen LogP contribution in [0.15, 0.2) is 51.9 Å². The number of pyridine rings is 1. The largest absolute Gasteiger partial charge is 0.339 e. The van der Waals surface area contributed by atoms with Gasteiger partial charge >= 0.3 is 0 Å². The summed E-state index contributed by atoms with van der Waals surface area (Å²) in [7, 11) is 0. The number of nitrogens with zero attached hydrogens (tertiary/aromatic N) is 3. The van der Waals surface area contributed by atoms with E-state index in [1.54, 1.807) is 23.8 Å². The lowest BCUT2D eigenvalue weighted by Gasteiger charge is -2.06. The predicted molar refractivity (Wildman–Crippen MR) is 74.8 cm³/mol. The van der Waals surface area contributed by atoms with Gasteiger partial charge in [0, 0.05) is 30.4 Å². The van der Waals surface area contributed by atoms with E-state index in [1.165, 1.54) is 0 Å². The molecule has 0 aliphatic rings. The third-order valence-corrected chi connectivity index (χ3v) is 3.01. The minimum Gasteiger partial charge on any atom is -0.339 e. The second kappa shape index (κ2) is 4.77. The first-order valence-electron chi connectivity index (χ1n) is 6.24. The molecular formula is C15H13N3O2. The van der Waals surface area contributed by atoms with Crippen LogP contribution in [0.3, 0.4) is 0 Å². The van der Waals surface area contributed by atoms with Crippen molar-refractivity contribution in [2.24, 2.45) is 0 Å². The molecule has 1 aromatic carbocycles. The van der Waals surface area contributed by atoms with E-state index in [9.17, 15) is 4.79 Å². The van der Waals surface area contributed by atoms with Gasteiger partial charge in [0.25, 0.3) is 5.56 Å². The molecule has 0 bridgehead atoms. The summed E-state index contributed by atoms with van der Waals surface area (Å²) >= 11 is 0. The second-order valence-corrected chi connectivity index (χ2v) is 4.60. The molecule has 0 aliphatic heterocycles.